The molecule has 0 saturated carbocycles. The van der Waals surface area contributed by atoms with Crippen LogP contribution in [0.4, 0.5) is 0 Å². The molecule has 1 fully saturated rings. The predicted octanol–water partition coefficient (Wildman–Crippen LogP) is 7.47. The first-order chi connectivity index (χ1) is 19.7. The van der Waals surface area contributed by atoms with Gasteiger partial charge in [0.1, 0.15) is 18.9 Å². The van der Waals surface area contributed by atoms with E-state index in [9.17, 15) is 0 Å². The SMILES string of the molecule is CC.Cn1nc(-c2ccc(OCc3ccccc3)nc2OCc2ccccc2)c2ccc(C3CB(C#N)C3)cc21. The van der Waals surface area contributed by atoms with Gasteiger partial charge in [0, 0.05) is 24.5 Å². The number of pyridine rings is 1. The monoisotopic (exact) mass is 528 g/mol. The van der Waals surface area contributed by atoms with Crippen molar-refractivity contribution in [2.45, 2.75) is 45.6 Å². The molecule has 0 N–H and O–H groups in total. The standard InChI is InChI=1S/C31H27BN4O2.C2H6/c1-36-28-16-24(25-17-32(18-25)21-33)12-13-26(28)30(35-36)27-14-15-29(37-19-22-8-4-2-5-9-22)34-31(27)38-20-23-10-6-3-7-11-23;1-2/h2-16,25H,17-20H2,1H3;1-2H3. The molecule has 1 aliphatic rings. The van der Waals surface area contributed by atoms with Crippen molar-refractivity contribution >= 4 is 17.6 Å². The molecule has 1 saturated heterocycles. The molecule has 0 aliphatic carbocycles. The number of benzene rings is 3. The molecule has 3 aromatic carbocycles. The van der Waals surface area contributed by atoms with Crippen LogP contribution in [0.25, 0.3) is 22.2 Å². The smallest absolute Gasteiger partial charge is 0.269 e. The number of rotatable bonds is 8. The van der Waals surface area contributed by atoms with Crippen molar-refractivity contribution in [2.75, 3.05) is 0 Å². The molecule has 40 heavy (non-hydrogen) atoms. The average molecular weight is 528 g/mol. The Hall–Kier alpha value is -4.57. The lowest BCUT2D eigenvalue weighted by molar-refractivity contribution is 0.268. The summed E-state index contributed by atoms with van der Waals surface area (Å²) in [7, 11) is 1.96. The van der Waals surface area contributed by atoms with Gasteiger partial charge in [-0.05, 0) is 34.7 Å². The van der Waals surface area contributed by atoms with Crippen molar-refractivity contribution in [2.24, 2.45) is 7.05 Å². The molecule has 0 bridgehead atoms. The Kier molecular flexibility index (Phi) is 8.46. The van der Waals surface area contributed by atoms with E-state index in [0.29, 0.717) is 30.9 Å². The number of hydrogen-bond acceptors (Lipinski definition) is 5. The number of ether oxygens (including phenoxy) is 2. The Morgan fingerprint density at radius 2 is 1.52 bits per heavy atom. The van der Waals surface area contributed by atoms with E-state index in [0.717, 1.165) is 45.9 Å². The van der Waals surface area contributed by atoms with Crippen molar-refractivity contribution < 1.29 is 9.47 Å². The van der Waals surface area contributed by atoms with Gasteiger partial charge in [0.25, 0.3) is 6.71 Å². The molecular weight excluding hydrogens is 495 g/mol. The summed E-state index contributed by atoms with van der Waals surface area (Å²) in [5, 5.41) is 15.1. The number of aryl methyl sites for hydroxylation is 1. The maximum atomic E-state index is 9.16. The first-order valence-corrected chi connectivity index (χ1v) is 13.9. The molecule has 3 heterocycles. The molecule has 7 heteroatoms. The van der Waals surface area contributed by atoms with E-state index in [2.05, 4.69) is 24.2 Å². The van der Waals surface area contributed by atoms with Crippen molar-refractivity contribution in [1.82, 2.24) is 14.8 Å². The summed E-state index contributed by atoms with van der Waals surface area (Å²) in [6.45, 7) is 4.99. The number of fused-ring (bicyclic) bond motifs is 1. The summed E-state index contributed by atoms with van der Waals surface area (Å²) in [4.78, 5) is 4.76. The highest BCUT2D eigenvalue weighted by Crippen LogP contribution is 2.41. The van der Waals surface area contributed by atoms with Crippen molar-refractivity contribution in [3.63, 3.8) is 0 Å². The second-order valence-corrected chi connectivity index (χ2v) is 9.79. The topological polar surface area (TPSA) is 73.0 Å². The Bertz CT molecular complexity index is 1610. The van der Waals surface area contributed by atoms with Crippen LogP contribution >= 0.6 is 0 Å². The van der Waals surface area contributed by atoms with Crippen LogP contribution in [-0.2, 0) is 20.3 Å². The van der Waals surface area contributed by atoms with E-state index >= 15 is 0 Å². The molecular formula is C33H33BN4O2. The molecule has 200 valence electrons. The molecule has 0 radical (unpaired) electrons. The van der Waals surface area contributed by atoms with Gasteiger partial charge in [0.2, 0.25) is 11.8 Å². The van der Waals surface area contributed by atoms with E-state index in [-0.39, 0.29) is 6.71 Å². The van der Waals surface area contributed by atoms with Crippen LogP contribution in [0.3, 0.4) is 0 Å². The van der Waals surface area contributed by atoms with Crippen LogP contribution in [0.1, 0.15) is 36.5 Å². The quantitative estimate of drug-likeness (QED) is 0.195. The van der Waals surface area contributed by atoms with E-state index in [4.69, 9.17) is 24.8 Å². The maximum Gasteiger partial charge on any atom is 0.269 e. The molecule has 0 unspecified atom stereocenters. The van der Waals surface area contributed by atoms with Crippen LogP contribution in [0.2, 0.25) is 12.6 Å². The maximum absolute atomic E-state index is 9.16. The molecule has 6 nitrogen and oxygen atoms in total. The van der Waals surface area contributed by atoms with Crippen LogP contribution in [0, 0.1) is 11.2 Å². The second kappa shape index (κ2) is 12.5. The Labute approximate surface area is 236 Å². The zero-order valence-corrected chi connectivity index (χ0v) is 23.2. The van der Waals surface area contributed by atoms with E-state index in [1.54, 1.807) is 0 Å². The fraction of sp³-hybridized carbons (Fsp3) is 0.242. The number of aromatic nitrogens is 3. The Morgan fingerprint density at radius 3 is 2.17 bits per heavy atom. The summed E-state index contributed by atoms with van der Waals surface area (Å²) < 4.78 is 14.2. The Morgan fingerprint density at radius 1 is 0.875 bits per heavy atom. The van der Waals surface area contributed by atoms with Gasteiger partial charge in [-0.25, -0.2) is 5.26 Å². The average Bonchev–Trinajstić information content (AvgIpc) is 3.32. The third-order valence-corrected chi connectivity index (χ3v) is 7.21. The first-order valence-electron chi connectivity index (χ1n) is 13.9. The minimum absolute atomic E-state index is 0.177. The number of nitriles is 1. The van der Waals surface area contributed by atoms with Gasteiger partial charge in [-0.1, -0.05) is 99.3 Å². The van der Waals surface area contributed by atoms with E-state index < -0.39 is 0 Å². The van der Waals surface area contributed by atoms with E-state index in [1.807, 2.05) is 98.4 Å². The summed E-state index contributed by atoms with van der Waals surface area (Å²) in [6.07, 6.45) is 1.86. The lowest BCUT2D eigenvalue weighted by atomic mass is 9.32. The zero-order valence-electron chi connectivity index (χ0n) is 23.2. The minimum Gasteiger partial charge on any atom is -0.473 e. The summed E-state index contributed by atoms with van der Waals surface area (Å²) in [6, 6.07) is 30.4. The summed E-state index contributed by atoms with van der Waals surface area (Å²) in [5.41, 5.74) is 6.09. The van der Waals surface area contributed by atoms with Crippen molar-refractivity contribution in [1.29, 1.82) is 5.26 Å². The largest absolute Gasteiger partial charge is 0.473 e. The third-order valence-electron chi connectivity index (χ3n) is 7.21. The molecule has 0 atom stereocenters. The second-order valence-electron chi connectivity index (χ2n) is 9.79. The molecule has 0 amide bonds. The molecule has 5 aromatic rings. The first kappa shape index (κ1) is 27.0. The molecule has 1 aliphatic heterocycles. The van der Waals surface area contributed by atoms with Crippen LogP contribution in [0.15, 0.2) is 91.0 Å². The lowest BCUT2D eigenvalue weighted by Crippen LogP contribution is -2.28. The fourth-order valence-electron chi connectivity index (χ4n) is 4.97. The normalized spacial score (nSPS) is 12.7. The minimum atomic E-state index is 0.177. The molecule has 6 rings (SSSR count). The predicted molar refractivity (Wildman–Crippen MR) is 161 cm³/mol. The Balaban J connectivity index is 0.00000158. The lowest BCUT2D eigenvalue weighted by Gasteiger charge is -2.28. The van der Waals surface area contributed by atoms with Gasteiger partial charge >= 0.3 is 0 Å². The summed E-state index contributed by atoms with van der Waals surface area (Å²) in [5.74, 6) is 3.80. The van der Waals surface area contributed by atoms with Gasteiger partial charge in [0.15, 0.2) is 0 Å². The fourth-order valence-corrected chi connectivity index (χ4v) is 4.97. The van der Waals surface area contributed by atoms with Crippen LogP contribution in [-0.4, -0.2) is 21.5 Å². The molecule has 2 aromatic heterocycles. The van der Waals surface area contributed by atoms with Crippen LogP contribution < -0.4 is 9.47 Å². The number of nitrogens with zero attached hydrogens (tertiary/aromatic N) is 4. The summed E-state index contributed by atoms with van der Waals surface area (Å²) >= 11 is 0. The van der Waals surface area contributed by atoms with Gasteiger partial charge in [-0.2, -0.15) is 10.1 Å². The van der Waals surface area contributed by atoms with E-state index in [1.165, 1.54) is 5.56 Å². The van der Waals surface area contributed by atoms with Gasteiger partial charge < -0.3 is 9.47 Å². The van der Waals surface area contributed by atoms with Crippen molar-refractivity contribution in [3.05, 3.63) is 108 Å². The van der Waals surface area contributed by atoms with Crippen molar-refractivity contribution in [3.8, 4) is 29.0 Å². The highest BCUT2D eigenvalue weighted by Gasteiger charge is 2.34. The highest BCUT2D eigenvalue weighted by molar-refractivity contribution is 6.70. The zero-order chi connectivity index (χ0) is 27.9. The molecule has 0 spiro atoms. The third kappa shape index (κ3) is 5.87. The van der Waals surface area contributed by atoms with Crippen LogP contribution in [0.5, 0.6) is 11.8 Å². The van der Waals surface area contributed by atoms with Gasteiger partial charge in [-0.15, -0.1) is 0 Å². The van der Waals surface area contributed by atoms with Gasteiger partial charge in [0.05, 0.1) is 11.1 Å². The highest BCUT2D eigenvalue weighted by atomic mass is 16.5. The van der Waals surface area contributed by atoms with Gasteiger partial charge in [-0.3, -0.25) is 4.68 Å². The number of hydrogen-bond donors (Lipinski definition) is 0.